The number of thiazole rings is 1. The van der Waals surface area contributed by atoms with Crippen molar-refractivity contribution in [2.45, 2.75) is 19.4 Å². The Labute approximate surface area is 196 Å². The van der Waals surface area contributed by atoms with E-state index in [0.29, 0.717) is 6.42 Å². The molecule has 1 N–H and O–H groups in total. The first-order chi connectivity index (χ1) is 16.1. The van der Waals surface area contributed by atoms with Crippen molar-refractivity contribution >= 4 is 28.3 Å². The first-order valence-corrected chi connectivity index (χ1v) is 11.7. The van der Waals surface area contributed by atoms with Gasteiger partial charge in [-0.2, -0.15) is 0 Å². The molecule has 2 heterocycles. The lowest BCUT2D eigenvalue weighted by atomic mass is 10.0. The Balaban J connectivity index is 1.39. The van der Waals surface area contributed by atoms with Gasteiger partial charge in [0.15, 0.2) is 0 Å². The number of carbonyl (C=O) groups is 1. The highest BCUT2D eigenvalue weighted by Crippen LogP contribution is 2.26. The van der Waals surface area contributed by atoms with Gasteiger partial charge in [-0.05, 0) is 30.2 Å². The van der Waals surface area contributed by atoms with Crippen LogP contribution in [-0.2, 0) is 18.3 Å². The van der Waals surface area contributed by atoms with Crippen molar-refractivity contribution in [3.05, 3.63) is 106 Å². The zero-order valence-corrected chi connectivity index (χ0v) is 19.3. The number of hydrogen-bond donors (Lipinski definition) is 1. The van der Waals surface area contributed by atoms with Crippen LogP contribution in [0, 0.1) is 6.92 Å². The number of hydrogen-bond acceptors (Lipinski definition) is 4. The third-order valence-corrected chi connectivity index (χ3v) is 6.53. The maximum Gasteiger partial charge on any atom is 0.225 e. The smallest absolute Gasteiger partial charge is 0.225 e. The molecule has 5 rings (SSSR count). The van der Waals surface area contributed by atoms with E-state index in [-0.39, 0.29) is 11.9 Å². The van der Waals surface area contributed by atoms with Gasteiger partial charge in [-0.25, -0.2) is 9.97 Å². The summed E-state index contributed by atoms with van der Waals surface area (Å²) in [7, 11) is 1.99. The average molecular weight is 453 g/mol. The molecule has 1 amide bonds. The molecule has 0 aliphatic rings. The number of carbonyl (C=O) groups excluding carboxylic acids is 1. The van der Waals surface area contributed by atoms with E-state index in [1.54, 1.807) is 11.3 Å². The average Bonchev–Trinajstić information content (AvgIpc) is 3.42. The van der Waals surface area contributed by atoms with Gasteiger partial charge in [-0.1, -0.05) is 66.7 Å². The molecule has 0 radical (unpaired) electrons. The Hall–Kier alpha value is -3.77. The van der Waals surface area contributed by atoms with E-state index in [1.807, 2.05) is 92.8 Å². The van der Waals surface area contributed by atoms with E-state index >= 15 is 0 Å². The minimum Gasteiger partial charge on any atom is -0.342 e. The monoisotopic (exact) mass is 452 g/mol. The predicted octanol–water partition coefficient (Wildman–Crippen LogP) is 5.45. The van der Waals surface area contributed by atoms with Crippen molar-refractivity contribution in [3.8, 4) is 11.3 Å². The summed E-state index contributed by atoms with van der Waals surface area (Å²) in [5.74, 6) is 0.762. The fourth-order valence-corrected chi connectivity index (χ4v) is 4.67. The quantitative estimate of drug-likeness (QED) is 0.372. The molecule has 5 aromatic rings. The normalized spacial score (nSPS) is 12.1. The van der Waals surface area contributed by atoms with Gasteiger partial charge in [0.1, 0.15) is 11.9 Å². The largest absolute Gasteiger partial charge is 0.342 e. The predicted molar refractivity (Wildman–Crippen MR) is 133 cm³/mol. The van der Waals surface area contributed by atoms with Crippen LogP contribution in [0.25, 0.3) is 22.3 Å². The van der Waals surface area contributed by atoms with Crippen LogP contribution in [0.1, 0.15) is 28.0 Å². The fraction of sp³-hybridized carbons (Fsp3) is 0.148. The van der Waals surface area contributed by atoms with Gasteiger partial charge in [-0.15, -0.1) is 11.3 Å². The molecule has 0 fully saturated rings. The molecule has 0 aliphatic heterocycles. The Bertz CT molecular complexity index is 1400. The number of imidazole rings is 1. The molecule has 0 aliphatic carbocycles. The van der Waals surface area contributed by atoms with Crippen LogP contribution in [0.2, 0.25) is 0 Å². The van der Waals surface area contributed by atoms with Crippen molar-refractivity contribution < 1.29 is 4.79 Å². The van der Waals surface area contributed by atoms with Crippen molar-refractivity contribution in [1.82, 2.24) is 19.9 Å². The lowest BCUT2D eigenvalue weighted by Crippen LogP contribution is -2.32. The van der Waals surface area contributed by atoms with E-state index < -0.39 is 0 Å². The van der Waals surface area contributed by atoms with Gasteiger partial charge < -0.3 is 9.88 Å². The Morgan fingerprint density at radius 1 is 0.970 bits per heavy atom. The summed E-state index contributed by atoms with van der Waals surface area (Å²) in [6.45, 7) is 2.00. The van der Waals surface area contributed by atoms with Crippen LogP contribution in [0.15, 0.2) is 84.2 Å². The molecule has 0 saturated heterocycles. The minimum absolute atomic E-state index is 0.0480. The maximum atomic E-state index is 13.1. The van der Waals surface area contributed by atoms with Gasteiger partial charge in [0.05, 0.1) is 28.2 Å². The van der Waals surface area contributed by atoms with Crippen LogP contribution in [-0.4, -0.2) is 20.4 Å². The first-order valence-electron chi connectivity index (χ1n) is 10.9. The van der Waals surface area contributed by atoms with Crippen LogP contribution in [0.5, 0.6) is 0 Å². The fourth-order valence-electron chi connectivity index (χ4n) is 4.05. The highest BCUT2D eigenvalue weighted by Gasteiger charge is 2.22. The number of rotatable bonds is 6. The molecule has 6 heteroatoms. The molecular weight excluding hydrogens is 428 g/mol. The van der Waals surface area contributed by atoms with Crippen molar-refractivity contribution in [2.75, 3.05) is 0 Å². The highest BCUT2D eigenvalue weighted by molar-refractivity contribution is 7.09. The Morgan fingerprint density at radius 3 is 2.39 bits per heavy atom. The van der Waals surface area contributed by atoms with E-state index in [9.17, 15) is 4.79 Å². The van der Waals surface area contributed by atoms with E-state index in [0.717, 1.165) is 44.2 Å². The molecule has 0 spiro atoms. The number of nitrogens with zero attached hydrogens (tertiary/aromatic N) is 3. The van der Waals surface area contributed by atoms with Crippen molar-refractivity contribution in [3.63, 3.8) is 0 Å². The summed E-state index contributed by atoms with van der Waals surface area (Å²) in [5.41, 5.74) is 5.94. The number of aryl methyl sites for hydroxylation is 2. The number of aromatic nitrogens is 3. The second kappa shape index (κ2) is 9.00. The summed E-state index contributed by atoms with van der Waals surface area (Å²) < 4.78 is 2.05. The summed E-state index contributed by atoms with van der Waals surface area (Å²) in [5, 5.41) is 6.31. The Morgan fingerprint density at radius 2 is 1.70 bits per heavy atom. The molecule has 1 atom stereocenters. The van der Waals surface area contributed by atoms with Gasteiger partial charge in [-0.3, -0.25) is 4.79 Å². The van der Waals surface area contributed by atoms with E-state index in [1.165, 1.54) is 0 Å². The molecular formula is C27H24N4OS. The number of nitrogens with one attached hydrogen (secondary N) is 1. The molecule has 164 valence electrons. The van der Waals surface area contributed by atoms with E-state index in [4.69, 9.17) is 4.98 Å². The highest BCUT2D eigenvalue weighted by atomic mass is 32.1. The van der Waals surface area contributed by atoms with Gasteiger partial charge >= 0.3 is 0 Å². The van der Waals surface area contributed by atoms with Gasteiger partial charge in [0.2, 0.25) is 5.91 Å². The number of para-hydroxylation sites is 2. The molecule has 0 bridgehead atoms. The van der Waals surface area contributed by atoms with E-state index in [2.05, 4.69) is 20.2 Å². The van der Waals surface area contributed by atoms with Crippen LogP contribution in [0.3, 0.4) is 0 Å². The second-order valence-electron chi connectivity index (χ2n) is 8.05. The summed E-state index contributed by atoms with van der Waals surface area (Å²) >= 11 is 1.64. The number of fused-ring (bicyclic) bond motifs is 1. The molecule has 33 heavy (non-hydrogen) atoms. The first kappa shape index (κ1) is 21.1. The summed E-state index contributed by atoms with van der Waals surface area (Å²) in [4.78, 5) is 22.5. The molecule has 5 nitrogen and oxygen atoms in total. The summed E-state index contributed by atoms with van der Waals surface area (Å²) in [6.07, 6.45) is 0.295. The van der Waals surface area contributed by atoms with Gasteiger partial charge in [0.25, 0.3) is 0 Å². The molecule has 0 saturated carbocycles. The number of benzene rings is 3. The molecule has 1 unspecified atom stereocenters. The maximum absolute atomic E-state index is 13.1. The Kier molecular flexibility index (Phi) is 5.75. The third kappa shape index (κ3) is 4.43. The standard InChI is InChI=1S/C27H24N4OS/c1-18-28-23(17-33-18)20-14-12-19(13-15-20)16-25(32)30-26(21-8-4-3-5-9-21)27-29-22-10-6-7-11-24(22)31(27)2/h3-15,17,26H,16H2,1-2H3,(H,30,32). The molecule has 2 aromatic heterocycles. The topological polar surface area (TPSA) is 59.8 Å². The lowest BCUT2D eigenvalue weighted by Gasteiger charge is -2.19. The third-order valence-electron chi connectivity index (χ3n) is 5.75. The zero-order chi connectivity index (χ0) is 22.8. The summed E-state index contributed by atoms with van der Waals surface area (Å²) in [6, 6.07) is 25.7. The zero-order valence-electron chi connectivity index (χ0n) is 18.5. The second-order valence-corrected chi connectivity index (χ2v) is 9.12. The SMILES string of the molecule is Cc1nc(-c2ccc(CC(=O)NC(c3ccccc3)c3nc4ccccc4n3C)cc2)cs1. The van der Waals surface area contributed by atoms with Gasteiger partial charge in [0, 0.05) is 18.0 Å². The van der Waals surface area contributed by atoms with Crippen LogP contribution in [0.4, 0.5) is 0 Å². The van der Waals surface area contributed by atoms with Crippen molar-refractivity contribution in [1.29, 1.82) is 0 Å². The van der Waals surface area contributed by atoms with Crippen molar-refractivity contribution in [2.24, 2.45) is 7.05 Å². The van der Waals surface area contributed by atoms with Crippen LogP contribution < -0.4 is 5.32 Å². The number of amides is 1. The molecule has 3 aromatic carbocycles. The minimum atomic E-state index is -0.339. The van der Waals surface area contributed by atoms with Crippen LogP contribution >= 0.6 is 11.3 Å². The lowest BCUT2D eigenvalue weighted by molar-refractivity contribution is -0.121.